The normalized spacial score (nSPS) is 14.0. The molecule has 2 N–H and O–H groups in total. The number of amides is 1. The maximum atomic E-state index is 12.9. The van der Waals surface area contributed by atoms with Crippen LogP contribution < -0.4 is 10.2 Å². The molecule has 1 aliphatic heterocycles. The first-order valence-corrected chi connectivity index (χ1v) is 10.6. The summed E-state index contributed by atoms with van der Waals surface area (Å²) in [5.74, 6) is 0.220. The van der Waals surface area contributed by atoms with Gasteiger partial charge in [0.25, 0.3) is 5.91 Å². The Bertz CT molecular complexity index is 1240. The summed E-state index contributed by atoms with van der Waals surface area (Å²) >= 11 is 0. The van der Waals surface area contributed by atoms with E-state index in [2.05, 4.69) is 36.4 Å². The highest BCUT2D eigenvalue weighted by Crippen LogP contribution is 2.29. The third-order valence-electron chi connectivity index (χ3n) is 5.71. The van der Waals surface area contributed by atoms with Gasteiger partial charge in [-0.05, 0) is 67.6 Å². The number of carbonyl (C=O) groups is 1. The minimum Gasteiger partial charge on any atom is -0.370 e. The SMILES string of the molecule is Cc1ccnc(NC(=O)c2n[nH]c3ccc(-c4cncc(N5CCCCC5)c4)cc23)c1. The van der Waals surface area contributed by atoms with Crippen LogP contribution in [0.5, 0.6) is 0 Å². The maximum Gasteiger partial charge on any atom is 0.277 e. The van der Waals surface area contributed by atoms with Gasteiger partial charge in [-0.15, -0.1) is 0 Å². The Morgan fingerprint density at radius 3 is 2.74 bits per heavy atom. The Morgan fingerprint density at radius 2 is 1.90 bits per heavy atom. The molecule has 1 aliphatic rings. The van der Waals surface area contributed by atoms with Crippen LogP contribution in [-0.2, 0) is 0 Å². The number of nitrogens with one attached hydrogen (secondary N) is 2. The van der Waals surface area contributed by atoms with Gasteiger partial charge >= 0.3 is 0 Å². The number of rotatable bonds is 4. The monoisotopic (exact) mass is 412 g/mol. The van der Waals surface area contributed by atoms with Gasteiger partial charge in [-0.25, -0.2) is 4.98 Å². The number of aromatic amines is 1. The third-order valence-corrected chi connectivity index (χ3v) is 5.71. The van der Waals surface area contributed by atoms with Crippen molar-refractivity contribution in [3.8, 4) is 11.1 Å². The van der Waals surface area contributed by atoms with Gasteiger partial charge < -0.3 is 10.2 Å². The molecule has 0 radical (unpaired) electrons. The number of anilines is 2. The molecule has 0 atom stereocenters. The van der Waals surface area contributed by atoms with E-state index in [-0.39, 0.29) is 5.91 Å². The lowest BCUT2D eigenvalue weighted by atomic mass is 10.0. The smallest absolute Gasteiger partial charge is 0.277 e. The molecular formula is C24H24N6O. The topological polar surface area (TPSA) is 86.8 Å². The van der Waals surface area contributed by atoms with Crippen LogP contribution in [0.15, 0.2) is 55.0 Å². The number of aromatic nitrogens is 4. The molecule has 3 aromatic heterocycles. The van der Waals surface area contributed by atoms with Crippen molar-refractivity contribution < 1.29 is 4.79 Å². The van der Waals surface area contributed by atoms with E-state index >= 15 is 0 Å². The van der Waals surface area contributed by atoms with Crippen molar-refractivity contribution in [1.82, 2.24) is 20.2 Å². The highest BCUT2D eigenvalue weighted by atomic mass is 16.2. The van der Waals surface area contributed by atoms with Crippen molar-refractivity contribution in [2.75, 3.05) is 23.3 Å². The summed E-state index contributed by atoms with van der Waals surface area (Å²) < 4.78 is 0. The number of benzene rings is 1. The molecule has 31 heavy (non-hydrogen) atoms. The third kappa shape index (κ3) is 3.99. The second kappa shape index (κ2) is 8.18. The molecule has 1 aromatic carbocycles. The second-order valence-corrected chi connectivity index (χ2v) is 7.98. The predicted molar refractivity (Wildman–Crippen MR) is 122 cm³/mol. The first-order chi connectivity index (χ1) is 15.2. The van der Waals surface area contributed by atoms with Gasteiger partial charge in [-0.3, -0.25) is 14.9 Å². The Kier molecular flexibility index (Phi) is 5.08. The van der Waals surface area contributed by atoms with E-state index in [0.717, 1.165) is 46.4 Å². The molecule has 0 aliphatic carbocycles. The quantitative estimate of drug-likeness (QED) is 0.513. The summed E-state index contributed by atoms with van der Waals surface area (Å²) in [5.41, 5.74) is 5.36. The van der Waals surface area contributed by atoms with Crippen LogP contribution in [0, 0.1) is 6.92 Å². The average Bonchev–Trinajstić information content (AvgIpc) is 3.23. The number of nitrogens with zero attached hydrogens (tertiary/aromatic N) is 4. The Labute approximate surface area is 180 Å². The van der Waals surface area contributed by atoms with Crippen LogP contribution >= 0.6 is 0 Å². The van der Waals surface area contributed by atoms with E-state index in [4.69, 9.17) is 0 Å². The predicted octanol–water partition coefficient (Wildman–Crippen LogP) is 4.57. The van der Waals surface area contributed by atoms with Gasteiger partial charge in [0, 0.05) is 36.4 Å². The lowest BCUT2D eigenvalue weighted by Gasteiger charge is -2.28. The molecule has 156 valence electrons. The van der Waals surface area contributed by atoms with Crippen molar-refractivity contribution in [2.45, 2.75) is 26.2 Å². The summed E-state index contributed by atoms with van der Waals surface area (Å²) in [6.45, 7) is 4.10. The fourth-order valence-electron chi connectivity index (χ4n) is 4.06. The number of pyridine rings is 2. The van der Waals surface area contributed by atoms with Crippen molar-refractivity contribution >= 4 is 28.3 Å². The average molecular weight is 412 g/mol. The standard InChI is InChI=1S/C24H24N6O/c1-16-7-8-26-22(11-16)27-24(31)23-20-13-17(5-6-21(20)28-29-23)18-12-19(15-25-14-18)30-9-3-2-4-10-30/h5-8,11-15H,2-4,9-10H2,1H3,(H,28,29)(H,26,27,31). The fourth-order valence-corrected chi connectivity index (χ4v) is 4.06. The van der Waals surface area contributed by atoms with Gasteiger partial charge in [0.2, 0.25) is 0 Å². The summed E-state index contributed by atoms with van der Waals surface area (Å²) in [6.07, 6.45) is 9.21. The van der Waals surface area contributed by atoms with E-state index in [1.54, 1.807) is 6.20 Å². The number of carbonyl (C=O) groups excluding carboxylic acids is 1. The molecule has 4 aromatic rings. The molecule has 0 bridgehead atoms. The number of piperidine rings is 1. The lowest BCUT2D eigenvalue weighted by molar-refractivity contribution is 0.102. The lowest BCUT2D eigenvalue weighted by Crippen LogP contribution is -2.29. The van der Waals surface area contributed by atoms with Crippen molar-refractivity contribution in [3.63, 3.8) is 0 Å². The molecule has 0 saturated carbocycles. The number of fused-ring (bicyclic) bond motifs is 1. The van der Waals surface area contributed by atoms with Gasteiger partial charge in [-0.2, -0.15) is 5.10 Å². The molecule has 1 saturated heterocycles. The maximum absolute atomic E-state index is 12.9. The Morgan fingerprint density at radius 1 is 1.03 bits per heavy atom. The summed E-state index contributed by atoms with van der Waals surface area (Å²) in [5, 5.41) is 10.8. The first-order valence-electron chi connectivity index (χ1n) is 10.6. The van der Waals surface area contributed by atoms with Gasteiger partial charge in [-0.1, -0.05) is 6.07 Å². The van der Waals surface area contributed by atoms with Crippen molar-refractivity contribution in [1.29, 1.82) is 0 Å². The molecule has 5 rings (SSSR count). The van der Waals surface area contributed by atoms with Gasteiger partial charge in [0.1, 0.15) is 5.82 Å². The van der Waals surface area contributed by atoms with Crippen molar-refractivity contribution in [3.05, 3.63) is 66.2 Å². The van der Waals surface area contributed by atoms with Crippen molar-refractivity contribution in [2.24, 2.45) is 0 Å². The van der Waals surface area contributed by atoms with Crippen LogP contribution in [0.4, 0.5) is 11.5 Å². The zero-order valence-corrected chi connectivity index (χ0v) is 17.4. The van der Waals surface area contributed by atoms with Crippen LogP contribution in [0.3, 0.4) is 0 Å². The molecule has 1 fully saturated rings. The summed E-state index contributed by atoms with van der Waals surface area (Å²) in [4.78, 5) is 23.9. The van der Waals surface area contributed by atoms with E-state index in [1.807, 2.05) is 49.6 Å². The van der Waals surface area contributed by atoms with E-state index in [1.165, 1.54) is 19.3 Å². The number of hydrogen-bond acceptors (Lipinski definition) is 5. The zero-order chi connectivity index (χ0) is 21.2. The minimum atomic E-state index is -0.290. The van der Waals surface area contributed by atoms with E-state index < -0.39 is 0 Å². The van der Waals surface area contributed by atoms with Gasteiger partial charge in [0.15, 0.2) is 5.69 Å². The van der Waals surface area contributed by atoms with E-state index in [9.17, 15) is 4.79 Å². The van der Waals surface area contributed by atoms with Crippen LogP contribution in [-0.4, -0.2) is 39.2 Å². The fraction of sp³-hybridized carbons (Fsp3) is 0.250. The molecule has 0 spiro atoms. The zero-order valence-electron chi connectivity index (χ0n) is 17.4. The van der Waals surface area contributed by atoms with Crippen LogP contribution in [0.1, 0.15) is 35.3 Å². The number of hydrogen-bond donors (Lipinski definition) is 2. The molecule has 7 heteroatoms. The molecule has 1 amide bonds. The Hall–Kier alpha value is -3.74. The van der Waals surface area contributed by atoms with E-state index in [0.29, 0.717) is 11.5 Å². The van der Waals surface area contributed by atoms with Crippen LogP contribution in [0.25, 0.3) is 22.0 Å². The number of H-pyrrole nitrogens is 1. The van der Waals surface area contributed by atoms with Gasteiger partial charge in [0.05, 0.1) is 17.4 Å². The molecule has 0 unspecified atom stereocenters. The highest BCUT2D eigenvalue weighted by molar-refractivity contribution is 6.11. The Balaban J connectivity index is 1.46. The summed E-state index contributed by atoms with van der Waals surface area (Å²) in [7, 11) is 0. The van der Waals surface area contributed by atoms with Crippen LogP contribution in [0.2, 0.25) is 0 Å². The molecule has 7 nitrogen and oxygen atoms in total. The number of aryl methyl sites for hydroxylation is 1. The second-order valence-electron chi connectivity index (χ2n) is 7.98. The largest absolute Gasteiger partial charge is 0.370 e. The molecule has 4 heterocycles. The first kappa shape index (κ1) is 19.2. The molecular weight excluding hydrogens is 388 g/mol. The highest BCUT2D eigenvalue weighted by Gasteiger charge is 2.17. The minimum absolute atomic E-state index is 0.290. The summed E-state index contributed by atoms with van der Waals surface area (Å²) in [6, 6.07) is 11.9.